The molecule has 92 valence electrons. The molecule has 0 aromatic carbocycles. The molecule has 0 aliphatic carbocycles. The highest BCUT2D eigenvalue weighted by Gasteiger charge is 2.45. The van der Waals surface area contributed by atoms with E-state index in [0.29, 0.717) is 12.8 Å². The van der Waals surface area contributed by atoms with Crippen molar-refractivity contribution in [1.82, 2.24) is 0 Å². The molecule has 1 aliphatic heterocycles. The molecule has 1 atom stereocenters. The van der Waals surface area contributed by atoms with Gasteiger partial charge in [-0.1, -0.05) is 6.58 Å². The predicted molar refractivity (Wildman–Crippen MR) is 61.8 cm³/mol. The zero-order valence-electron chi connectivity index (χ0n) is 9.95. The van der Waals surface area contributed by atoms with Crippen LogP contribution in [-0.4, -0.2) is 31.0 Å². The second-order valence-corrected chi connectivity index (χ2v) is 7.07. The van der Waals surface area contributed by atoms with Crippen LogP contribution in [0, 0.1) is 0 Å². The molecule has 1 heterocycles. The van der Waals surface area contributed by atoms with Crippen LogP contribution in [0.25, 0.3) is 0 Å². The lowest BCUT2D eigenvalue weighted by atomic mass is 10.0. The summed E-state index contributed by atoms with van der Waals surface area (Å²) in [6.45, 7) is 8.30. The van der Waals surface area contributed by atoms with Gasteiger partial charge in [-0.05, 0) is 33.6 Å². The molecule has 16 heavy (non-hydrogen) atoms. The van der Waals surface area contributed by atoms with Crippen molar-refractivity contribution < 1.29 is 17.9 Å². The maximum atomic E-state index is 11.7. The van der Waals surface area contributed by atoms with Gasteiger partial charge in [0, 0.05) is 5.57 Å². The zero-order valence-corrected chi connectivity index (χ0v) is 10.8. The highest BCUT2D eigenvalue weighted by Crippen LogP contribution is 2.32. The van der Waals surface area contributed by atoms with Gasteiger partial charge in [-0.3, -0.25) is 0 Å². The van der Waals surface area contributed by atoms with Gasteiger partial charge in [0.15, 0.2) is 9.84 Å². The predicted octanol–water partition coefficient (Wildman–Crippen LogP) is 1.46. The molecular formula is C11H18O4S. The first-order chi connectivity index (χ1) is 7.17. The smallest absolute Gasteiger partial charge is 0.333 e. The lowest BCUT2D eigenvalue weighted by Gasteiger charge is -2.30. The zero-order chi connectivity index (χ0) is 12.6. The van der Waals surface area contributed by atoms with Crippen molar-refractivity contribution in [3.63, 3.8) is 0 Å². The largest absolute Gasteiger partial charge is 0.455 e. The molecule has 1 aliphatic rings. The van der Waals surface area contributed by atoms with Gasteiger partial charge in [0.05, 0.1) is 5.75 Å². The molecule has 0 aromatic rings. The molecule has 0 N–H and O–H groups in total. The van der Waals surface area contributed by atoms with Crippen LogP contribution in [0.5, 0.6) is 0 Å². The molecule has 0 aromatic heterocycles. The molecule has 1 unspecified atom stereocenters. The first kappa shape index (κ1) is 13.2. The van der Waals surface area contributed by atoms with Crippen LogP contribution in [0.15, 0.2) is 12.2 Å². The van der Waals surface area contributed by atoms with E-state index in [-0.39, 0.29) is 11.3 Å². The van der Waals surface area contributed by atoms with Crippen molar-refractivity contribution in [3.05, 3.63) is 12.2 Å². The first-order valence-corrected chi connectivity index (χ1v) is 6.99. The standard InChI is InChI=1S/C11H18O4S/c1-8(2)10(12)15-11(3,4)9-6-5-7-16(9,13)14/h9H,1,5-7H2,2-4H3. The molecule has 5 heteroatoms. The number of rotatable bonds is 3. The fourth-order valence-corrected chi connectivity index (χ4v) is 4.26. The van der Waals surface area contributed by atoms with Crippen molar-refractivity contribution in [2.75, 3.05) is 5.75 Å². The van der Waals surface area contributed by atoms with E-state index in [1.165, 1.54) is 0 Å². The number of hydrogen-bond donors (Lipinski definition) is 0. The number of esters is 1. The van der Waals surface area contributed by atoms with Crippen LogP contribution in [0.4, 0.5) is 0 Å². The third kappa shape index (κ3) is 2.64. The average molecular weight is 246 g/mol. The fourth-order valence-electron chi connectivity index (χ4n) is 1.96. The molecule has 0 bridgehead atoms. The minimum absolute atomic E-state index is 0.186. The molecule has 0 amide bonds. The van der Waals surface area contributed by atoms with E-state index in [1.54, 1.807) is 20.8 Å². The normalized spacial score (nSPS) is 24.1. The van der Waals surface area contributed by atoms with Gasteiger partial charge in [-0.2, -0.15) is 0 Å². The topological polar surface area (TPSA) is 60.4 Å². The van der Waals surface area contributed by atoms with Crippen LogP contribution < -0.4 is 0 Å². The van der Waals surface area contributed by atoms with E-state index < -0.39 is 26.7 Å². The van der Waals surface area contributed by atoms with E-state index in [4.69, 9.17) is 4.74 Å². The summed E-state index contributed by atoms with van der Waals surface area (Å²) in [4.78, 5) is 11.4. The molecule has 0 saturated carbocycles. The van der Waals surface area contributed by atoms with Gasteiger partial charge >= 0.3 is 5.97 Å². The van der Waals surface area contributed by atoms with Gasteiger partial charge in [0.1, 0.15) is 10.9 Å². The molecule has 1 fully saturated rings. The Morgan fingerprint density at radius 3 is 2.38 bits per heavy atom. The SMILES string of the molecule is C=C(C)C(=O)OC(C)(C)C1CCCS1(=O)=O. The first-order valence-electron chi connectivity index (χ1n) is 5.27. The molecule has 4 nitrogen and oxygen atoms in total. The summed E-state index contributed by atoms with van der Waals surface area (Å²) < 4.78 is 28.7. The number of hydrogen-bond acceptors (Lipinski definition) is 4. The fraction of sp³-hybridized carbons (Fsp3) is 0.727. The second kappa shape index (κ2) is 4.20. The Morgan fingerprint density at radius 2 is 2.00 bits per heavy atom. The molecule has 1 saturated heterocycles. The maximum absolute atomic E-state index is 11.7. The average Bonchev–Trinajstić information content (AvgIpc) is 2.44. The van der Waals surface area contributed by atoms with Crippen molar-refractivity contribution >= 4 is 15.8 Å². The van der Waals surface area contributed by atoms with Gasteiger partial charge in [0.2, 0.25) is 0 Å². The summed E-state index contributed by atoms with van der Waals surface area (Å²) in [5.41, 5.74) is -0.700. The molecule has 1 rings (SSSR count). The molecule has 0 radical (unpaired) electrons. The Kier molecular flexibility index (Phi) is 3.47. The van der Waals surface area contributed by atoms with Gasteiger partial charge in [0.25, 0.3) is 0 Å². The van der Waals surface area contributed by atoms with Crippen molar-refractivity contribution in [2.24, 2.45) is 0 Å². The van der Waals surface area contributed by atoms with Crippen LogP contribution in [0.3, 0.4) is 0 Å². The lowest BCUT2D eigenvalue weighted by Crippen LogP contribution is -2.43. The van der Waals surface area contributed by atoms with Crippen LogP contribution in [-0.2, 0) is 19.4 Å². The summed E-state index contributed by atoms with van der Waals surface area (Å²) in [7, 11) is -3.12. The van der Waals surface area contributed by atoms with Crippen LogP contribution in [0.2, 0.25) is 0 Å². The summed E-state index contributed by atoms with van der Waals surface area (Å²) in [6.07, 6.45) is 1.19. The number of ether oxygens (including phenoxy) is 1. The van der Waals surface area contributed by atoms with Crippen LogP contribution in [0.1, 0.15) is 33.6 Å². The Bertz CT molecular complexity index is 406. The van der Waals surface area contributed by atoms with Crippen molar-refractivity contribution in [3.8, 4) is 0 Å². The van der Waals surface area contributed by atoms with Crippen molar-refractivity contribution in [2.45, 2.75) is 44.5 Å². The third-order valence-electron chi connectivity index (χ3n) is 2.81. The summed E-state index contributed by atoms with van der Waals surface area (Å²) >= 11 is 0. The van der Waals surface area contributed by atoms with E-state index in [0.717, 1.165) is 0 Å². The Labute approximate surface area is 96.6 Å². The Hall–Kier alpha value is -0.840. The number of sulfone groups is 1. The molecule has 0 spiro atoms. The monoisotopic (exact) mass is 246 g/mol. The maximum Gasteiger partial charge on any atom is 0.333 e. The van der Waals surface area contributed by atoms with Crippen molar-refractivity contribution in [1.29, 1.82) is 0 Å². The van der Waals surface area contributed by atoms with E-state index in [9.17, 15) is 13.2 Å². The number of carbonyl (C=O) groups is 1. The highest BCUT2D eigenvalue weighted by atomic mass is 32.2. The minimum Gasteiger partial charge on any atom is -0.455 e. The lowest BCUT2D eigenvalue weighted by molar-refractivity contribution is -0.151. The third-order valence-corrected chi connectivity index (χ3v) is 5.34. The van der Waals surface area contributed by atoms with Gasteiger partial charge < -0.3 is 4.74 Å². The molecular weight excluding hydrogens is 228 g/mol. The Balaban J connectivity index is 2.86. The summed E-state index contributed by atoms with van der Waals surface area (Å²) in [5.74, 6) is -0.349. The van der Waals surface area contributed by atoms with E-state index >= 15 is 0 Å². The van der Waals surface area contributed by atoms with Gasteiger partial charge in [-0.25, -0.2) is 13.2 Å². The number of carbonyl (C=O) groups excluding carboxylic acids is 1. The van der Waals surface area contributed by atoms with E-state index in [2.05, 4.69) is 6.58 Å². The summed E-state index contributed by atoms with van der Waals surface area (Å²) in [6, 6.07) is 0. The minimum atomic E-state index is -3.12. The van der Waals surface area contributed by atoms with Gasteiger partial charge in [-0.15, -0.1) is 0 Å². The highest BCUT2D eigenvalue weighted by molar-refractivity contribution is 7.92. The van der Waals surface area contributed by atoms with E-state index in [1.807, 2.05) is 0 Å². The quantitative estimate of drug-likeness (QED) is 0.559. The van der Waals surface area contributed by atoms with Crippen LogP contribution >= 0.6 is 0 Å². The summed E-state index contributed by atoms with van der Waals surface area (Å²) in [5, 5.41) is -0.594. The Morgan fingerprint density at radius 1 is 1.44 bits per heavy atom. The second-order valence-electron chi connectivity index (χ2n) is 4.77.